The van der Waals surface area contributed by atoms with Gasteiger partial charge in [0.05, 0.1) is 5.56 Å². The highest BCUT2D eigenvalue weighted by atomic mass is 19.4. The second-order valence-corrected chi connectivity index (χ2v) is 3.43. The smallest absolute Gasteiger partial charge is 0.416 e. The summed E-state index contributed by atoms with van der Waals surface area (Å²) in [4.78, 5) is 0. The summed E-state index contributed by atoms with van der Waals surface area (Å²) in [6.45, 7) is -0.0850. The van der Waals surface area contributed by atoms with Crippen LogP contribution >= 0.6 is 0 Å². The van der Waals surface area contributed by atoms with E-state index in [9.17, 15) is 17.6 Å². The lowest BCUT2D eigenvalue weighted by atomic mass is 10.0. The predicted molar refractivity (Wildman–Crippen MR) is 45.5 cm³/mol. The Morgan fingerprint density at radius 3 is 2.67 bits per heavy atom. The Bertz CT molecular complexity index is 372. The van der Waals surface area contributed by atoms with Crippen molar-refractivity contribution in [3.63, 3.8) is 0 Å². The molecule has 1 atom stereocenters. The standard InChI is InChI=1S/C10H8F4O/c11-8-4-6-3-7(10(12,13)14)1-2-9(6)15-5-8/h1-3,8H,4-5H2/t8-/m1/s1. The van der Waals surface area contributed by atoms with E-state index in [0.29, 0.717) is 5.75 Å². The van der Waals surface area contributed by atoms with Crippen molar-refractivity contribution in [2.45, 2.75) is 18.8 Å². The highest BCUT2D eigenvalue weighted by Gasteiger charge is 2.32. The van der Waals surface area contributed by atoms with Gasteiger partial charge in [-0.2, -0.15) is 13.2 Å². The quantitative estimate of drug-likeness (QED) is 0.611. The molecule has 0 aromatic heterocycles. The van der Waals surface area contributed by atoms with Crippen LogP contribution in [-0.2, 0) is 12.6 Å². The molecule has 0 unspecified atom stereocenters. The number of halogens is 4. The van der Waals surface area contributed by atoms with Gasteiger partial charge in [0.1, 0.15) is 18.5 Å². The lowest BCUT2D eigenvalue weighted by molar-refractivity contribution is -0.137. The summed E-state index contributed by atoms with van der Waals surface area (Å²) in [7, 11) is 0. The summed E-state index contributed by atoms with van der Waals surface area (Å²) >= 11 is 0. The van der Waals surface area contributed by atoms with Gasteiger partial charge >= 0.3 is 6.18 Å². The molecule has 1 heterocycles. The van der Waals surface area contributed by atoms with Gasteiger partial charge in [0, 0.05) is 6.42 Å². The minimum absolute atomic E-state index is 0.0146. The molecule has 1 aromatic carbocycles. The number of ether oxygens (including phenoxy) is 1. The molecule has 0 aliphatic carbocycles. The third-order valence-electron chi connectivity index (χ3n) is 2.25. The van der Waals surface area contributed by atoms with Gasteiger partial charge in [-0.3, -0.25) is 0 Å². The third kappa shape index (κ3) is 2.06. The van der Waals surface area contributed by atoms with E-state index >= 15 is 0 Å². The van der Waals surface area contributed by atoms with Gasteiger partial charge in [-0.25, -0.2) is 4.39 Å². The van der Waals surface area contributed by atoms with E-state index in [-0.39, 0.29) is 18.6 Å². The second-order valence-electron chi connectivity index (χ2n) is 3.43. The average molecular weight is 220 g/mol. The summed E-state index contributed by atoms with van der Waals surface area (Å²) in [5.41, 5.74) is -0.484. The summed E-state index contributed by atoms with van der Waals surface area (Å²) < 4.78 is 54.8. The minimum atomic E-state index is -4.39. The minimum Gasteiger partial charge on any atom is -0.490 e. The Hall–Kier alpha value is -1.26. The van der Waals surface area contributed by atoms with Crippen molar-refractivity contribution in [3.05, 3.63) is 29.3 Å². The first-order valence-corrected chi connectivity index (χ1v) is 4.44. The van der Waals surface area contributed by atoms with Crippen molar-refractivity contribution < 1.29 is 22.3 Å². The van der Waals surface area contributed by atoms with Crippen LogP contribution in [0.25, 0.3) is 0 Å². The largest absolute Gasteiger partial charge is 0.490 e. The summed E-state index contributed by atoms with van der Waals surface area (Å²) in [6.07, 6.45) is -5.63. The molecule has 0 spiro atoms. The number of fused-ring (bicyclic) bond motifs is 1. The average Bonchev–Trinajstić information content (AvgIpc) is 2.15. The topological polar surface area (TPSA) is 9.23 Å². The Morgan fingerprint density at radius 2 is 2.00 bits per heavy atom. The Kier molecular flexibility index (Phi) is 2.32. The molecule has 1 aromatic rings. The molecule has 15 heavy (non-hydrogen) atoms. The maximum absolute atomic E-state index is 12.9. The molecule has 1 aliphatic rings. The molecule has 82 valence electrons. The first-order chi connectivity index (χ1) is 6.97. The number of alkyl halides is 4. The Labute approximate surface area is 83.7 Å². The second kappa shape index (κ2) is 3.40. The van der Waals surface area contributed by atoms with Crippen molar-refractivity contribution in [3.8, 4) is 5.75 Å². The normalized spacial score (nSPS) is 20.7. The van der Waals surface area contributed by atoms with E-state index in [1.165, 1.54) is 6.07 Å². The van der Waals surface area contributed by atoms with Crippen LogP contribution in [0, 0.1) is 0 Å². The maximum atomic E-state index is 12.9. The van der Waals surface area contributed by atoms with Gasteiger partial charge in [-0.1, -0.05) is 0 Å². The zero-order valence-electron chi connectivity index (χ0n) is 7.64. The maximum Gasteiger partial charge on any atom is 0.416 e. The van der Waals surface area contributed by atoms with Crippen LogP contribution in [-0.4, -0.2) is 12.8 Å². The molecule has 0 N–H and O–H groups in total. The Morgan fingerprint density at radius 1 is 1.27 bits per heavy atom. The van der Waals surface area contributed by atoms with E-state index in [1.54, 1.807) is 0 Å². The van der Waals surface area contributed by atoms with Crippen LogP contribution in [0.5, 0.6) is 5.75 Å². The van der Waals surface area contributed by atoms with E-state index in [1.807, 2.05) is 0 Å². The van der Waals surface area contributed by atoms with Crippen molar-refractivity contribution in [2.75, 3.05) is 6.61 Å². The first-order valence-electron chi connectivity index (χ1n) is 4.44. The zero-order valence-corrected chi connectivity index (χ0v) is 7.64. The molecule has 0 bridgehead atoms. The molecule has 0 radical (unpaired) electrons. The van der Waals surface area contributed by atoms with Crippen LogP contribution in [0.2, 0.25) is 0 Å². The van der Waals surface area contributed by atoms with Gasteiger partial charge in [-0.15, -0.1) is 0 Å². The van der Waals surface area contributed by atoms with Crippen molar-refractivity contribution >= 4 is 0 Å². The molecule has 2 rings (SSSR count). The van der Waals surface area contributed by atoms with Gasteiger partial charge in [0.2, 0.25) is 0 Å². The number of benzene rings is 1. The molecule has 5 heteroatoms. The summed E-state index contributed by atoms with van der Waals surface area (Å²) in [5, 5.41) is 0. The molecule has 0 amide bonds. The van der Waals surface area contributed by atoms with Crippen LogP contribution in [0.15, 0.2) is 18.2 Å². The molecule has 1 aliphatic heterocycles. The fourth-order valence-electron chi connectivity index (χ4n) is 1.53. The number of hydrogen-bond acceptors (Lipinski definition) is 1. The van der Waals surface area contributed by atoms with E-state index in [2.05, 4.69) is 0 Å². The molecule has 0 fully saturated rings. The molecule has 1 nitrogen and oxygen atoms in total. The van der Waals surface area contributed by atoms with E-state index in [4.69, 9.17) is 4.74 Å². The summed E-state index contributed by atoms with van der Waals surface area (Å²) in [5.74, 6) is 0.344. The van der Waals surface area contributed by atoms with Gasteiger partial charge in [0.25, 0.3) is 0 Å². The molecule has 0 saturated carbocycles. The van der Waals surface area contributed by atoms with Crippen molar-refractivity contribution in [1.82, 2.24) is 0 Å². The van der Waals surface area contributed by atoms with Gasteiger partial charge in [-0.05, 0) is 23.8 Å². The SMILES string of the molecule is F[C@H]1COc2ccc(C(F)(F)F)cc2C1. The monoisotopic (exact) mass is 220 g/mol. The molecule has 0 saturated heterocycles. The van der Waals surface area contributed by atoms with Gasteiger partial charge in [0.15, 0.2) is 0 Å². The predicted octanol–water partition coefficient (Wildman–Crippen LogP) is 2.98. The summed E-state index contributed by atoms with van der Waals surface area (Å²) in [6, 6.07) is 3.13. The van der Waals surface area contributed by atoms with Crippen molar-refractivity contribution in [1.29, 1.82) is 0 Å². The number of hydrogen-bond donors (Lipinski definition) is 0. The van der Waals surface area contributed by atoms with Crippen LogP contribution in [0.3, 0.4) is 0 Å². The fourth-order valence-corrected chi connectivity index (χ4v) is 1.53. The van der Waals surface area contributed by atoms with Gasteiger partial charge < -0.3 is 4.74 Å². The highest BCUT2D eigenvalue weighted by Crippen LogP contribution is 2.34. The van der Waals surface area contributed by atoms with Crippen LogP contribution < -0.4 is 4.74 Å². The lowest BCUT2D eigenvalue weighted by Crippen LogP contribution is -2.22. The molecular weight excluding hydrogens is 212 g/mol. The third-order valence-corrected chi connectivity index (χ3v) is 2.25. The van der Waals surface area contributed by atoms with Crippen LogP contribution in [0.4, 0.5) is 17.6 Å². The highest BCUT2D eigenvalue weighted by molar-refractivity contribution is 5.40. The lowest BCUT2D eigenvalue weighted by Gasteiger charge is -2.21. The Balaban J connectivity index is 2.37. The first kappa shape index (κ1) is 10.3. The van der Waals surface area contributed by atoms with E-state index in [0.717, 1.165) is 12.1 Å². The zero-order chi connectivity index (χ0) is 11.1. The number of rotatable bonds is 0. The fraction of sp³-hybridized carbons (Fsp3) is 0.400. The molecular formula is C10H8F4O. The van der Waals surface area contributed by atoms with Crippen molar-refractivity contribution in [2.24, 2.45) is 0 Å². The van der Waals surface area contributed by atoms with Crippen LogP contribution in [0.1, 0.15) is 11.1 Å². The van der Waals surface area contributed by atoms with E-state index < -0.39 is 17.9 Å².